The molecule has 1 aromatic heterocycles. The van der Waals surface area contributed by atoms with Gasteiger partial charge in [0.1, 0.15) is 11.9 Å². The highest BCUT2D eigenvalue weighted by Gasteiger charge is 2.29. The van der Waals surface area contributed by atoms with E-state index in [1.807, 2.05) is 6.07 Å². The number of hydrogen-bond donors (Lipinski definition) is 2. The molecular weight excluding hydrogens is 254 g/mol. The fourth-order valence-electron chi connectivity index (χ4n) is 2.67. The molecule has 1 saturated carbocycles. The maximum absolute atomic E-state index is 5.86. The van der Waals surface area contributed by atoms with Gasteiger partial charge < -0.3 is 10.2 Å². The molecule has 2 fully saturated rings. The van der Waals surface area contributed by atoms with Crippen molar-refractivity contribution in [2.24, 2.45) is 5.84 Å². The van der Waals surface area contributed by atoms with Crippen LogP contribution in [0.4, 0.5) is 5.82 Å². The molecule has 0 spiro atoms. The van der Waals surface area contributed by atoms with Crippen LogP contribution in [-0.2, 0) is 4.74 Å². The lowest BCUT2D eigenvalue weighted by Crippen LogP contribution is -2.39. The molecule has 0 amide bonds. The zero-order valence-corrected chi connectivity index (χ0v) is 12.0. The van der Waals surface area contributed by atoms with Crippen LogP contribution in [0.15, 0.2) is 6.07 Å². The Bertz CT molecular complexity index is 461. The highest BCUT2D eigenvalue weighted by atomic mass is 16.5. The van der Waals surface area contributed by atoms with Crippen molar-refractivity contribution in [1.29, 1.82) is 0 Å². The van der Waals surface area contributed by atoms with Crippen molar-refractivity contribution in [2.75, 3.05) is 31.7 Å². The molecule has 0 bridgehead atoms. The van der Waals surface area contributed by atoms with Crippen molar-refractivity contribution < 1.29 is 4.74 Å². The van der Waals surface area contributed by atoms with Crippen LogP contribution in [0.25, 0.3) is 0 Å². The maximum atomic E-state index is 5.86. The lowest BCUT2D eigenvalue weighted by atomic mass is 10.2. The van der Waals surface area contributed by atoms with E-state index in [4.69, 9.17) is 15.6 Å². The van der Waals surface area contributed by atoms with E-state index in [0.717, 1.165) is 44.2 Å². The Morgan fingerprint density at radius 1 is 1.45 bits per heavy atom. The van der Waals surface area contributed by atoms with E-state index < -0.39 is 0 Å². The second kappa shape index (κ2) is 6.03. The molecule has 2 aliphatic rings. The van der Waals surface area contributed by atoms with Crippen molar-refractivity contribution in [3.63, 3.8) is 0 Å². The molecule has 20 heavy (non-hydrogen) atoms. The predicted molar refractivity (Wildman–Crippen MR) is 77.2 cm³/mol. The normalized spacial score (nSPS) is 23.8. The maximum Gasteiger partial charge on any atom is 0.161 e. The summed E-state index contributed by atoms with van der Waals surface area (Å²) in [5.41, 5.74) is 3.74. The summed E-state index contributed by atoms with van der Waals surface area (Å²) in [7, 11) is 0. The fraction of sp³-hybridized carbons (Fsp3) is 0.714. The molecular formula is C14H23N5O. The summed E-state index contributed by atoms with van der Waals surface area (Å²) in [5.74, 6) is 7.56. The van der Waals surface area contributed by atoms with E-state index in [2.05, 4.69) is 22.2 Å². The number of aromatic nitrogens is 2. The topological polar surface area (TPSA) is 76.3 Å². The van der Waals surface area contributed by atoms with E-state index in [0.29, 0.717) is 11.7 Å². The van der Waals surface area contributed by atoms with Crippen LogP contribution in [-0.4, -0.2) is 41.1 Å². The molecule has 1 unspecified atom stereocenters. The number of anilines is 1. The average Bonchev–Trinajstić information content (AvgIpc) is 3.32. The van der Waals surface area contributed by atoms with E-state index in [1.165, 1.54) is 12.8 Å². The first kappa shape index (κ1) is 13.7. The number of hydrogen-bond acceptors (Lipinski definition) is 6. The quantitative estimate of drug-likeness (QED) is 0.626. The molecule has 3 rings (SSSR count). The standard InChI is InChI=1S/C14H23N5O/c1-2-5-19-6-7-20-12(9-19)14-16-11(10-3-4-10)8-13(17-14)18-15/h8,10,12H,2-7,9,15H2,1H3,(H,16,17,18). The first-order valence-corrected chi connectivity index (χ1v) is 7.49. The number of rotatable bonds is 5. The van der Waals surface area contributed by atoms with E-state index in [1.54, 1.807) is 0 Å². The van der Waals surface area contributed by atoms with Crippen LogP contribution in [0.2, 0.25) is 0 Å². The van der Waals surface area contributed by atoms with Gasteiger partial charge in [-0.2, -0.15) is 0 Å². The number of nitrogen functional groups attached to an aromatic ring is 1. The minimum absolute atomic E-state index is 0.0406. The molecule has 1 aliphatic heterocycles. The summed E-state index contributed by atoms with van der Waals surface area (Å²) in [5, 5.41) is 0. The molecule has 2 heterocycles. The Morgan fingerprint density at radius 2 is 2.30 bits per heavy atom. The number of ether oxygens (including phenoxy) is 1. The van der Waals surface area contributed by atoms with Gasteiger partial charge >= 0.3 is 0 Å². The molecule has 0 radical (unpaired) electrons. The van der Waals surface area contributed by atoms with Crippen LogP contribution < -0.4 is 11.3 Å². The van der Waals surface area contributed by atoms with Crippen molar-refractivity contribution in [2.45, 2.75) is 38.2 Å². The van der Waals surface area contributed by atoms with Crippen molar-refractivity contribution >= 4 is 5.82 Å². The smallest absolute Gasteiger partial charge is 0.161 e. The largest absolute Gasteiger partial charge is 0.368 e. The van der Waals surface area contributed by atoms with E-state index in [-0.39, 0.29) is 6.10 Å². The SMILES string of the molecule is CCCN1CCOC(c2nc(NN)cc(C3CC3)n2)C1. The Morgan fingerprint density at radius 3 is 3.00 bits per heavy atom. The van der Waals surface area contributed by atoms with E-state index >= 15 is 0 Å². The second-order valence-electron chi connectivity index (χ2n) is 5.61. The number of nitrogens with one attached hydrogen (secondary N) is 1. The molecule has 1 aromatic rings. The molecule has 1 aliphatic carbocycles. The van der Waals surface area contributed by atoms with Gasteiger partial charge in [-0.3, -0.25) is 4.90 Å². The summed E-state index contributed by atoms with van der Waals surface area (Å²) in [6.07, 6.45) is 3.55. The summed E-state index contributed by atoms with van der Waals surface area (Å²) in [4.78, 5) is 11.6. The first-order valence-electron chi connectivity index (χ1n) is 7.49. The fourth-order valence-corrected chi connectivity index (χ4v) is 2.67. The third kappa shape index (κ3) is 3.08. The van der Waals surface area contributed by atoms with Crippen LogP contribution in [0, 0.1) is 0 Å². The zero-order chi connectivity index (χ0) is 13.9. The Labute approximate surface area is 119 Å². The number of nitrogens with zero attached hydrogens (tertiary/aromatic N) is 3. The molecule has 1 saturated heterocycles. The predicted octanol–water partition coefficient (Wildman–Crippen LogP) is 1.42. The van der Waals surface area contributed by atoms with Gasteiger partial charge in [0, 0.05) is 30.8 Å². The molecule has 0 aromatic carbocycles. The number of hydrazine groups is 1. The van der Waals surface area contributed by atoms with Gasteiger partial charge in [0.15, 0.2) is 5.82 Å². The summed E-state index contributed by atoms with van der Waals surface area (Å²) >= 11 is 0. The van der Waals surface area contributed by atoms with Gasteiger partial charge in [-0.05, 0) is 25.8 Å². The lowest BCUT2D eigenvalue weighted by molar-refractivity contribution is -0.0342. The van der Waals surface area contributed by atoms with Crippen molar-refractivity contribution in [3.8, 4) is 0 Å². The number of morpholine rings is 1. The molecule has 1 atom stereocenters. The summed E-state index contributed by atoms with van der Waals surface area (Å²) < 4.78 is 5.86. The minimum atomic E-state index is -0.0406. The van der Waals surface area contributed by atoms with Crippen molar-refractivity contribution in [1.82, 2.24) is 14.9 Å². The summed E-state index contributed by atoms with van der Waals surface area (Å²) in [6.45, 7) is 5.91. The van der Waals surface area contributed by atoms with Gasteiger partial charge in [0.2, 0.25) is 0 Å². The lowest BCUT2D eigenvalue weighted by Gasteiger charge is -2.32. The van der Waals surface area contributed by atoms with Crippen LogP contribution in [0.1, 0.15) is 49.7 Å². The van der Waals surface area contributed by atoms with Gasteiger partial charge in [0.25, 0.3) is 0 Å². The Balaban J connectivity index is 1.79. The second-order valence-corrected chi connectivity index (χ2v) is 5.61. The molecule has 6 nitrogen and oxygen atoms in total. The third-order valence-corrected chi connectivity index (χ3v) is 3.89. The first-order chi connectivity index (χ1) is 9.80. The monoisotopic (exact) mass is 277 g/mol. The van der Waals surface area contributed by atoms with Gasteiger partial charge in [-0.25, -0.2) is 15.8 Å². The van der Waals surface area contributed by atoms with Crippen LogP contribution >= 0.6 is 0 Å². The highest BCUT2D eigenvalue weighted by molar-refractivity contribution is 5.37. The zero-order valence-electron chi connectivity index (χ0n) is 12.0. The third-order valence-electron chi connectivity index (χ3n) is 3.89. The van der Waals surface area contributed by atoms with Gasteiger partial charge in [-0.1, -0.05) is 6.92 Å². The van der Waals surface area contributed by atoms with Gasteiger partial charge in [0.05, 0.1) is 6.61 Å². The minimum Gasteiger partial charge on any atom is -0.368 e. The van der Waals surface area contributed by atoms with Crippen LogP contribution in [0.5, 0.6) is 0 Å². The Hall–Kier alpha value is -1.24. The Kier molecular flexibility index (Phi) is 4.14. The van der Waals surface area contributed by atoms with Gasteiger partial charge in [-0.15, -0.1) is 0 Å². The molecule has 6 heteroatoms. The van der Waals surface area contributed by atoms with Crippen molar-refractivity contribution in [3.05, 3.63) is 17.6 Å². The number of nitrogens with two attached hydrogens (primary N) is 1. The molecule has 3 N–H and O–H groups in total. The van der Waals surface area contributed by atoms with E-state index in [9.17, 15) is 0 Å². The van der Waals surface area contributed by atoms with Crippen LogP contribution in [0.3, 0.4) is 0 Å². The summed E-state index contributed by atoms with van der Waals surface area (Å²) in [6, 6.07) is 1.95. The highest BCUT2D eigenvalue weighted by Crippen LogP contribution is 2.40. The average molecular weight is 277 g/mol. The molecule has 110 valence electrons.